The summed E-state index contributed by atoms with van der Waals surface area (Å²) in [6.45, 7) is 7.98. The Labute approximate surface area is 113 Å². The third kappa shape index (κ3) is 3.54. The van der Waals surface area contributed by atoms with Crippen molar-refractivity contribution in [3.8, 4) is 0 Å². The number of carbonyl (C=O) groups excluding carboxylic acids is 1. The molecule has 0 saturated carbocycles. The van der Waals surface area contributed by atoms with Crippen LogP contribution in [0, 0.1) is 0 Å². The first-order valence-electron chi connectivity index (χ1n) is 6.83. The zero-order valence-corrected chi connectivity index (χ0v) is 11.6. The molecule has 0 spiro atoms. The molecule has 1 amide bonds. The van der Waals surface area contributed by atoms with Gasteiger partial charge in [-0.3, -0.25) is 9.48 Å². The number of aryl methyl sites for hydroxylation is 1. The van der Waals surface area contributed by atoms with Crippen molar-refractivity contribution >= 4 is 5.91 Å². The SMILES string of the molecule is CCn1nccc1C(C)NCC(=O)N1CCOCC1. The summed E-state index contributed by atoms with van der Waals surface area (Å²) >= 11 is 0. The van der Waals surface area contributed by atoms with E-state index in [9.17, 15) is 4.79 Å². The number of ether oxygens (including phenoxy) is 1. The lowest BCUT2D eigenvalue weighted by molar-refractivity contribution is -0.134. The molecule has 1 saturated heterocycles. The van der Waals surface area contributed by atoms with Crippen LogP contribution in [0.4, 0.5) is 0 Å². The lowest BCUT2D eigenvalue weighted by atomic mass is 10.2. The number of amides is 1. The Hall–Kier alpha value is -1.40. The molecule has 2 rings (SSSR count). The zero-order valence-electron chi connectivity index (χ0n) is 11.6. The number of rotatable bonds is 5. The highest BCUT2D eigenvalue weighted by atomic mass is 16.5. The molecule has 1 unspecified atom stereocenters. The van der Waals surface area contributed by atoms with Gasteiger partial charge in [0.1, 0.15) is 0 Å². The van der Waals surface area contributed by atoms with Crippen LogP contribution < -0.4 is 5.32 Å². The van der Waals surface area contributed by atoms with E-state index < -0.39 is 0 Å². The molecular formula is C13H22N4O2. The van der Waals surface area contributed by atoms with Crippen molar-refractivity contribution in [3.63, 3.8) is 0 Å². The van der Waals surface area contributed by atoms with Gasteiger partial charge in [-0.15, -0.1) is 0 Å². The minimum atomic E-state index is 0.118. The second kappa shape index (κ2) is 6.68. The molecule has 1 aromatic heterocycles. The van der Waals surface area contributed by atoms with Crippen LogP contribution in [0.1, 0.15) is 25.6 Å². The summed E-state index contributed by atoms with van der Waals surface area (Å²) in [5.74, 6) is 0.137. The summed E-state index contributed by atoms with van der Waals surface area (Å²) in [7, 11) is 0. The summed E-state index contributed by atoms with van der Waals surface area (Å²) in [6, 6.07) is 2.10. The van der Waals surface area contributed by atoms with Gasteiger partial charge in [-0.2, -0.15) is 5.10 Å². The standard InChI is InChI=1S/C13H22N4O2/c1-3-17-12(4-5-15-17)11(2)14-10-13(18)16-6-8-19-9-7-16/h4-5,11,14H,3,6-10H2,1-2H3. The van der Waals surface area contributed by atoms with Crippen molar-refractivity contribution < 1.29 is 9.53 Å². The maximum absolute atomic E-state index is 12.0. The summed E-state index contributed by atoms with van der Waals surface area (Å²) < 4.78 is 7.18. The Bertz CT molecular complexity index is 413. The first-order valence-corrected chi connectivity index (χ1v) is 6.83. The predicted molar refractivity (Wildman–Crippen MR) is 71.7 cm³/mol. The quantitative estimate of drug-likeness (QED) is 0.839. The van der Waals surface area contributed by atoms with Crippen LogP contribution >= 0.6 is 0 Å². The van der Waals surface area contributed by atoms with Crippen LogP contribution in [0.2, 0.25) is 0 Å². The maximum atomic E-state index is 12.0. The van der Waals surface area contributed by atoms with Gasteiger partial charge in [-0.25, -0.2) is 0 Å². The van der Waals surface area contributed by atoms with Crippen molar-refractivity contribution in [3.05, 3.63) is 18.0 Å². The van der Waals surface area contributed by atoms with Gasteiger partial charge in [0, 0.05) is 31.9 Å². The summed E-state index contributed by atoms with van der Waals surface area (Å²) in [5, 5.41) is 7.50. The molecule has 1 atom stereocenters. The van der Waals surface area contributed by atoms with Crippen LogP contribution in [0.3, 0.4) is 0 Å². The fraction of sp³-hybridized carbons (Fsp3) is 0.692. The Balaban J connectivity index is 1.82. The first-order chi connectivity index (χ1) is 9.22. The van der Waals surface area contributed by atoms with Crippen molar-refractivity contribution in [1.82, 2.24) is 20.0 Å². The lowest BCUT2D eigenvalue weighted by Crippen LogP contribution is -2.45. The molecule has 6 nitrogen and oxygen atoms in total. The number of hydrogen-bond acceptors (Lipinski definition) is 4. The summed E-state index contributed by atoms with van der Waals surface area (Å²) in [4.78, 5) is 13.9. The number of nitrogens with one attached hydrogen (secondary N) is 1. The largest absolute Gasteiger partial charge is 0.378 e. The Morgan fingerprint density at radius 3 is 2.95 bits per heavy atom. The second-order valence-electron chi connectivity index (χ2n) is 4.67. The average molecular weight is 266 g/mol. The highest BCUT2D eigenvalue weighted by Crippen LogP contribution is 2.11. The van der Waals surface area contributed by atoms with E-state index in [-0.39, 0.29) is 11.9 Å². The third-order valence-corrected chi connectivity index (χ3v) is 3.42. The molecule has 6 heteroatoms. The molecule has 0 aliphatic carbocycles. The molecule has 2 heterocycles. The molecule has 0 bridgehead atoms. The van der Waals surface area contributed by atoms with Gasteiger partial charge in [0.25, 0.3) is 0 Å². The maximum Gasteiger partial charge on any atom is 0.236 e. The highest BCUT2D eigenvalue weighted by molar-refractivity contribution is 5.78. The number of carbonyl (C=O) groups is 1. The fourth-order valence-electron chi connectivity index (χ4n) is 2.24. The Morgan fingerprint density at radius 1 is 1.53 bits per heavy atom. The number of morpholine rings is 1. The summed E-state index contributed by atoms with van der Waals surface area (Å²) in [6.07, 6.45) is 1.79. The van der Waals surface area contributed by atoms with E-state index in [0.717, 1.165) is 12.2 Å². The molecule has 1 N–H and O–H groups in total. The predicted octanol–water partition coefficient (Wildman–Crippen LogP) is 0.412. The molecule has 0 aromatic carbocycles. The smallest absolute Gasteiger partial charge is 0.236 e. The van der Waals surface area contributed by atoms with Gasteiger partial charge < -0.3 is 15.0 Å². The van der Waals surface area contributed by atoms with Gasteiger partial charge in [0.05, 0.1) is 25.5 Å². The highest BCUT2D eigenvalue weighted by Gasteiger charge is 2.18. The normalized spacial score (nSPS) is 17.5. The van der Waals surface area contributed by atoms with E-state index in [4.69, 9.17) is 4.74 Å². The molecule has 19 heavy (non-hydrogen) atoms. The van der Waals surface area contributed by atoms with E-state index in [1.54, 1.807) is 6.20 Å². The van der Waals surface area contributed by atoms with Gasteiger partial charge in [-0.1, -0.05) is 0 Å². The van der Waals surface area contributed by atoms with Crippen molar-refractivity contribution in [2.75, 3.05) is 32.8 Å². The van der Waals surface area contributed by atoms with Crippen LogP contribution in [-0.4, -0.2) is 53.4 Å². The van der Waals surface area contributed by atoms with Crippen LogP contribution in [-0.2, 0) is 16.1 Å². The van der Waals surface area contributed by atoms with Crippen LogP contribution in [0.25, 0.3) is 0 Å². The molecular weight excluding hydrogens is 244 g/mol. The van der Waals surface area contributed by atoms with Gasteiger partial charge >= 0.3 is 0 Å². The molecule has 1 aliphatic heterocycles. The van der Waals surface area contributed by atoms with Crippen molar-refractivity contribution in [1.29, 1.82) is 0 Å². The van der Waals surface area contributed by atoms with Gasteiger partial charge in [0.15, 0.2) is 0 Å². The van der Waals surface area contributed by atoms with Crippen molar-refractivity contribution in [2.45, 2.75) is 26.4 Å². The fourth-order valence-corrected chi connectivity index (χ4v) is 2.24. The molecule has 1 aliphatic rings. The monoisotopic (exact) mass is 266 g/mol. The minimum absolute atomic E-state index is 0.118. The van der Waals surface area contributed by atoms with E-state index in [1.807, 2.05) is 15.6 Å². The molecule has 106 valence electrons. The Kier molecular flexibility index (Phi) is 4.93. The summed E-state index contributed by atoms with van der Waals surface area (Å²) in [5.41, 5.74) is 1.11. The van der Waals surface area contributed by atoms with E-state index in [1.165, 1.54) is 0 Å². The first kappa shape index (κ1) is 14.0. The second-order valence-corrected chi connectivity index (χ2v) is 4.67. The minimum Gasteiger partial charge on any atom is -0.378 e. The topological polar surface area (TPSA) is 59.4 Å². The molecule has 1 fully saturated rings. The van der Waals surface area contributed by atoms with E-state index in [2.05, 4.69) is 24.3 Å². The average Bonchev–Trinajstić information content (AvgIpc) is 2.93. The van der Waals surface area contributed by atoms with Gasteiger partial charge in [0.2, 0.25) is 5.91 Å². The number of hydrogen-bond donors (Lipinski definition) is 1. The zero-order chi connectivity index (χ0) is 13.7. The van der Waals surface area contributed by atoms with E-state index in [0.29, 0.717) is 32.8 Å². The van der Waals surface area contributed by atoms with Gasteiger partial charge in [-0.05, 0) is 19.9 Å². The van der Waals surface area contributed by atoms with E-state index >= 15 is 0 Å². The number of aromatic nitrogens is 2. The number of nitrogens with zero attached hydrogens (tertiary/aromatic N) is 3. The van der Waals surface area contributed by atoms with Crippen molar-refractivity contribution in [2.24, 2.45) is 0 Å². The molecule has 1 aromatic rings. The Morgan fingerprint density at radius 2 is 2.26 bits per heavy atom. The van der Waals surface area contributed by atoms with Crippen LogP contribution in [0.5, 0.6) is 0 Å². The third-order valence-electron chi connectivity index (χ3n) is 3.42. The van der Waals surface area contributed by atoms with Crippen LogP contribution in [0.15, 0.2) is 12.3 Å². The lowest BCUT2D eigenvalue weighted by Gasteiger charge is -2.27. The molecule has 0 radical (unpaired) electrons.